The van der Waals surface area contributed by atoms with Gasteiger partial charge in [0.05, 0.1) is 5.56 Å². The number of halogens is 2. The van der Waals surface area contributed by atoms with E-state index in [4.69, 9.17) is 0 Å². The van der Waals surface area contributed by atoms with Gasteiger partial charge in [0.25, 0.3) is 5.91 Å². The van der Waals surface area contributed by atoms with Gasteiger partial charge in [0.1, 0.15) is 5.82 Å². The van der Waals surface area contributed by atoms with Crippen LogP contribution >= 0.6 is 24.8 Å². The fourth-order valence-electron chi connectivity index (χ4n) is 3.36. The zero-order valence-corrected chi connectivity index (χ0v) is 16.5. The zero-order valence-electron chi connectivity index (χ0n) is 14.9. The molecule has 1 amide bonds. The largest absolute Gasteiger partial charge is 0.338 e. The lowest BCUT2D eigenvalue weighted by Gasteiger charge is -2.31. The minimum absolute atomic E-state index is 0. The van der Waals surface area contributed by atoms with Crippen LogP contribution in [-0.2, 0) is 0 Å². The minimum atomic E-state index is 0. The topological polar surface area (TPSA) is 50.2 Å². The number of aryl methyl sites for hydroxylation is 1. The van der Waals surface area contributed by atoms with Gasteiger partial charge in [-0.15, -0.1) is 24.8 Å². The molecule has 138 valence electrons. The molecule has 0 radical (unpaired) electrons. The van der Waals surface area contributed by atoms with Crippen LogP contribution in [0.25, 0.3) is 5.82 Å². The first-order valence-corrected chi connectivity index (χ1v) is 8.18. The summed E-state index contributed by atoms with van der Waals surface area (Å²) in [7, 11) is 1.99. The Morgan fingerprint density at radius 1 is 1.20 bits per heavy atom. The van der Waals surface area contributed by atoms with Crippen molar-refractivity contribution in [3.8, 4) is 5.82 Å². The van der Waals surface area contributed by atoms with E-state index in [2.05, 4.69) is 10.3 Å². The second kappa shape index (κ2) is 9.22. The molecule has 1 fully saturated rings. The summed E-state index contributed by atoms with van der Waals surface area (Å²) >= 11 is 0. The zero-order chi connectivity index (χ0) is 16.4. The Balaban J connectivity index is 0.00000156. The maximum atomic E-state index is 12.9. The van der Waals surface area contributed by atoms with Crippen molar-refractivity contribution < 1.29 is 4.79 Å². The van der Waals surface area contributed by atoms with Crippen LogP contribution in [0, 0.1) is 13.8 Å². The molecule has 0 unspecified atom stereocenters. The normalized spacial score (nSPS) is 14.6. The Morgan fingerprint density at radius 2 is 1.88 bits per heavy atom. The maximum Gasteiger partial charge on any atom is 0.255 e. The summed E-state index contributed by atoms with van der Waals surface area (Å²) in [5.41, 5.74) is 2.78. The van der Waals surface area contributed by atoms with Crippen molar-refractivity contribution in [1.82, 2.24) is 19.8 Å². The molecule has 5 nitrogen and oxygen atoms in total. The van der Waals surface area contributed by atoms with Gasteiger partial charge < -0.3 is 14.8 Å². The van der Waals surface area contributed by atoms with Gasteiger partial charge in [-0.25, -0.2) is 4.98 Å². The number of carbonyl (C=O) groups excluding carboxylic acids is 1. The molecule has 0 saturated carbocycles. The molecule has 3 rings (SSSR count). The highest BCUT2D eigenvalue weighted by Crippen LogP contribution is 2.22. The van der Waals surface area contributed by atoms with Crippen LogP contribution in [0.4, 0.5) is 0 Å². The van der Waals surface area contributed by atoms with Gasteiger partial charge in [0, 0.05) is 36.7 Å². The monoisotopic (exact) mass is 384 g/mol. The minimum Gasteiger partial charge on any atom is -0.338 e. The molecule has 2 aromatic rings. The molecular weight excluding hydrogens is 359 g/mol. The van der Waals surface area contributed by atoms with Crippen molar-refractivity contribution in [3.63, 3.8) is 0 Å². The van der Waals surface area contributed by atoms with Crippen LogP contribution in [0.2, 0.25) is 0 Å². The van der Waals surface area contributed by atoms with Gasteiger partial charge in [-0.2, -0.15) is 0 Å². The first-order chi connectivity index (χ1) is 11.1. The van der Waals surface area contributed by atoms with Gasteiger partial charge >= 0.3 is 0 Å². The highest BCUT2D eigenvalue weighted by atomic mass is 35.5. The SMILES string of the molecule is CNC1CCN(C(=O)c2cc(C)n(-c3ccccn3)c2C)CC1.Cl.Cl. The Bertz CT molecular complexity index is 695. The summed E-state index contributed by atoms with van der Waals surface area (Å²) in [5.74, 6) is 0.991. The number of carbonyl (C=O) groups is 1. The second-order valence-corrected chi connectivity index (χ2v) is 6.16. The van der Waals surface area contributed by atoms with Crippen molar-refractivity contribution in [2.24, 2.45) is 0 Å². The van der Waals surface area contributed by atoms with Gasteiger partial charge in [0.2, 0.25) is 0 Å². The van der Waals surface area contributed by atoms with Crippen molar-refractivity contribution in [2.75, 3.05) is 20.1 Å². The number of hydrogen-bond acceptors (Lipinski definition) is 3. The average Bonchev–Trinajstić information content (AvgIpc) is 2.89. The van der Waals surface area contributed by atoms with E-state index in [1.165, 1.54) is 0 Å². The first-order valence-electron chi connectivity index (χ1n) is 8.18. The summed E-state index contributed by atoms with van der Waals surface area (Å²) in [6.45, 7) is 5.65. The van der Waals surface area contributed by atoms with Crippen molar-refractivity contribution in [2.45, 2.75) is 32.7 Å². The summed E-state index contributed by atoms with van der Waals surface area (Å²) in [4.78, 5) is 19.3. The molecule has 1 aliphatic heterocycles. The van der Waals surface area contributed by atoms with E-state index in [0.717, 1.165) is 48.7 Å². The lowest BCUT2D eigenvalue weighted by molar-refractivity contribution is 0.0706. The summed E-state index contributed by atoms with van der Waals surface area (Å²) in [6.07, 6.45) is 3.81. The van der Waals surface area contributed by atoms with E-state index in [1.807, 2.05) is 54.6 Å². The molecule has 3 heterocycles. The van der Waals surface area contributed by atoms with E-state index in [9.17, 15) is 4.79 Å². The predicted molar refractivity (Wildman–Crippen MR) is 106 cm³/mol. The number of pyridine rings is 1. The fraction of sp³-hybridized carbons (Fsp3) is 0.444. The lowest BCUT2D eigenvalue weighted by Crippen LogP contribution is -2.44. The maximum absolute atomic E-state index is 12.9. The average molecular weight is 385 g/mol. The molecule has 1 aliphatic rings. The van der Waals surface area contributed by atoms with Crippen LogP contribution in [0.15, 0.2) is 30.5 Å². The third kappa shape index (κ3) is 4.35. The van der Waals surface area contributed by atoms with Crippen LogP contribution in [0.3, 0.4) is 0 Å². The molecule has 0 bridgehead atoms. The Hall–Kier alpha value is -1.56. The first kappa shape index (κ1) is 21.5. The smallest absolute Gasteiger partial charge is 0.255 e. The summed E-state index contributed by atoms with van der Waals surface area (Å²) in [5, 5.41) is 3.30. The molecule has 7 heteroatoms. The molecule has 25 heavy (non-hydrogen) atoms. The molecule has 0 aromatic carbocycles. The van der Waals surface area contributed by atoms with Crippen LogP contribution < -0.4 is 5.32 Å². The van der Waals surface area contributed by atoms with E-state index in [1.54, 1.807) is 6.20 Å². The molecule has 1 N–H and O–H groups in total. The van der Waals surface area contributed by atoms with Crippen molar-refractivity contribution in [3.05, 3.63) is 47.4 Å². The number of likely N-dealkylation sites (tertiary alicyclic amines) is 1. The molecule has 0 spiro atoms. The Labute approximate surface area is 161 Å². The van der Waals surface area contributed by atoms with Gasteiger partial charge in [-0.1, -0.05) is 6.07 Å². The second-order valence-electron chi connectivity index (χ2n) is 6.16. The third-order valence-corrected chi connectivity index (χ3v) is 4.73. The van der Waals surface area contributed by atoms with E-state index in [-0.39, 0.29) is 30.7 Å². The number of amides is 1. The van der Waals surface area contributed by atoms with Gasteiger partial charge in [-0.3, -0.25) is 4.79 Å². The Kier molecular flexibility index (Phi) is 7.93. The van der Waals surface area contributed by atoms with Gasteiger partial charge in [-0.05, 0) is 51.9 Å². The number of nitrogens with zero attached hydrogens (tertiary/aromatic N) is 3. The van der Waals surface area contributed by atoms with E-state index in [0.29, 0.717) is 6.04 Å². The van der Waals surface area contributed by atoms with Gasteiger partial charge in [0.15, 0.2) is 0 Å². The summed E-state index contributed by atoms with van der Waals surface area (Å²) in [6, 6.07) is 8.34. The number of nitrogens with one attached hydrogen (secondary N) is 1. The predicted octanol–water partition coefficient (Wildman–Crippen LogP) is 3.16. The van der Waals surface area contributed by atoms with Crippen LogP contribution in [0.1, 0.15) is 34.6 Å². The fourth-order valence-corrected chi connectivity index (χ4v) is 3.36. The summed E-state index contributed by atoms with van der Waals surface area (Å²) < 4.78 is 2.05. The van der Waals surface area contributed by atoms with Crippen LogP contribution in [-0.4, -0.2) is 46.5 Å². The highest BCUT2D eigenvalue weighted by Gasteiger charge is 2.25. The van der Waals surface area contributed by atoms with Crippen molar-refractivity contribution >= 4 is 30.7 Å². The Morgan fingerprint density at radius 3 is 2.44 bits per heavy atom. The molecule has 1 saturated heterocycles. The van der Waals surface area contributed by atoms with E-state index >= 15 is 0 Å². The van der Waals surface area contributed by atoms with Crippen molar-refractivity contribution in [1.29, 1.82) is 0 Å². The lowest BCUT2D eigenvalue weighted by atomic mass is 10.0. The molecule has 2 aromatic heterocycles. The molecule has 0 atom stereocenters. The third-order valence-electron chi connectivity index (χ3n) is 4.73. The number of piperidine rings is 1. The highest BCUT2D eigenvalue weighted by molar-refractivity contribution is 5.96. The molecule has 0 aliphatic carbocycles. The quantitative estimate of drug-likeness (QED) is 0.883. The van der Waals surface area contributed by atoms with E-state index < -0.39 is 0 Å². The molecular formula is C18H26Cl2N4O. The number of hydrogen-bond donors (Lipinski definition) is 1. The standard InChI is InChI=1S/C18H24N4O.2ClH/c1-13-12-16(14(2)22(13)17-6-4-5-9-20-17)18(23)21-10-7-15(19-3)8-11-21;;/h4-6,9,12,15,19H,7-8,10-11H2,1-3H3;2*1H. The number of rotatable bonds is 3. The van der Waals surface area contributed by atoms with Crippen LogP contribution in [0.5, 0.6) is 0 Å². The number of aromatic nitrogens is 2.